The minimum Gasteiger partial charge on any atom is -0.478 e. The third-order valence-corrected chi connectivity index (χ3v) is 25.4. The van der Waals surface area contributed by atoms with E-state index in [1.807, 2.05) is 48.5 Å². The van der Waals surface area contributed by atoms with Crippen LogP contribution in [0.15, 0.2) is 485 Å². The van der Waals surface area contributed by atoms with Gasteiger partial charge in [0.05, 0.1) is 22.3 Å². The van der Waals surface area contributed by atoms with Gasteiger partial charge in [0, 0.05) is 0 Å². The molecule has 134 heavy (non-hydrogen) atoms. The van der Waals surface area contributed by atoms with Gasteiger partial charge in [0.2, 0.25) is 0 Å². The molecule has 8 nitrogen and oxygen atoms in total. The lowest BCUT2D eigenvalue weighted by Crippen LogP contribution is -1.98. The van der Waals surface area contributed by atoms with Gasteiger partial charge in [-0.2, -0.15) is 0 Å². The van der Waals surface area contributed by atoms with Crippen LogP contribution in [0, 0.1) is 0 Å². The Balaban J connectivity index is 0.614. The van der Waals surface area contributed by atoms with Crippen molar-refractivity contribution in [2.24, 2.45) is 0 Å². The molecular formula is C126H84O8. The summed E-state index contributed by atoms with van der Waals surface area (Å²) < 4.78 is 0. The number of rotatable bonds is 24. The molecular weight excluding hydrogens is 1640 g/mol. The Hall–Kier alpha value is -18.0. The van der Waals surface area contributed by atoms with E-state index in [-0.39, 0.29) is 22.3 Å². The van der Waals surface area contributed by atoms with Gasteiger partial charge in [-0.3, -0.25) is 0 Å². The summed E-state index contributed by atoms with van der Waals surface area (Å²) in [5, 5.41) is 37.7. The zero-order chi connectivity index (χ0) is 91.1. The zero-order valence-electron chi connectivity index (χ0n) is 72.6. The van der Waals surface area contributed by atoms with Crippen LogP contribution in [0.25, 0.3) is 189 Å². The lowest BCUT2D eigenvalue weighted by molar-refractivity contribution is 0.0686. The maximum Gasteiger partial charge on any atom is 0.335 e. The van der Waals surface area contributed by atoms with E-state index >= 15 is 0 Å². The number of hydrogen-bond acceptors (Lipinski definition) is 4. The minimum absolute atomic E-state index is 0.261. The first-order valence-electron chi connectivity index (χ1n) is 44.4. The standard InChI is InChI=1S/C126H84O8/c127-123(128)117-73-57-109(58-74-117)101-41-25-93(26-42-101)85-9-1-81(2-10-85)89-17-33-97(34-18-89)105-49-65-113(66-50-105)121(114-67-51-106(52-68-114)98-35-19-90(20-36-98)82-3-11-86(12-4-82)94-27-43-102(44-28-94)110-59-75-118(76-60-110)124(129)130)122(115-69-53-107(54-70-115)99-37-21-91(22-38-99)83-5-13-87(14-6-83)95-29-45-103(46-30-95)111-61-77-119(78-62-111)125(131)132)116-71-55-108(56-72-116)100-39-23-92(24-40-100)84-7-15-88(16-8-84)96-31-47-104(48-32-96)112-63-79-120(80-64-112)126(133)134/h1-80H,(H,127,128)(H,129,130)(H,131,132)(H,133,134). The Labute approximate surface area is 777 Å². The van der Waals surface area contributed by atoms with Crippen molar-refractivity contribution in [3.63, 3.8) is 0 Å². The van der Waals surface area contributed by atoms with Crippen molar-refractivity contribution < 1.29 is 39.6 Å². The number of carboxylic acids is 4. The largest absolute Gasteiger partial charge is 0.478 e. The summed E-state index contributed by atoms with van der Waals surface area (Å²) in [5.74, 6) is -3.77. The smallest absolute Gasteiger partial charge is 0.335 e. The van der Waals surface area contributed by atoms with Crippen molar-refractivity contribution in [2.75, 3.05) is 0 Å². The van der Waals surface area contributed by atoms with Crippen molar-refractivity contribution in [1.29, 1.82) is 0 Å². The van der Waals surface area contributed by atoms with Gasteiger partial charge in [-0.25, -0.2) is 19.2 Å². The first-order valence-corrected chi connectivity index (χ1v) is 44.4. The highest BCUT2D eigenvalue weighted by Gasteiger charge is 2.21. The Kier molecular flexibility index (Phi) is 23.5. The average Bonchev–Trinajstić information content (AvgIpc) is 0.768. The lowest BCUT2D eigenvalue weighted by atomic mass is 9.84. The number of hydrogen-bond donors (Lipinski definition) is 4. The molecule has 0 saturated carbocycles. The van der Waals surface area contributed by atoms with Gasteiger partial charge in [-0.1, -0.05) is 437 Å². The SMILES string of the molecule is O=C(O)c1ccc(-c2ccc(-c3ccc(-c4ccc(-c5ccc(C(=C(c6ccc(-c7ccc(-c8ccc(-c9ccc(-c%10ccc(C(=O)O)cc%10)cc9)cc8)cc7)cc6)c6ccc(-c7ccc(-c8ccc(-c9ccc(-c%10ccc(C(=O)O)cc%10)cc9)cc8)cc7)cc6)c6ccc(-c7ccc(-c8ccc(-c9ccc(-c%10ccc(C(=O)O)cc%10)cc9)cc8)cc7)cc6)cc5)cc4)cc3)cc2)cc1. The second-order valence-electron chi connectivity index (χ2n) is 33.5. The predicted molar refractivity (Wildman–Crippen MR) is 546 cm³/mol. The third-order valence-electron chi connectivity index (χ3n) is 25.4. The van der Waals surface area contributed by atoms with Crippen LogP contribution in [0.3, 0.4) is 0 Å². The predicted octanol–water partition coefficient (Wildman–Crippen LogP) is 32.2. The molecule has 8 heteroatoms. The fourth-order valence-corrected chi connectivity index (χ4v) is 17.7. The molecule has 0 aliphatic carbocycles. The highest BCUT2D eigenvalue weighted by molar-refractivity contribution is 6.06. The highest BCUT2D eigenvalue weighted by atomic mass is 16.4. The number of carbonyl (C=O) groups is 4. The molecule has 0 atom stereocenters. The highest BCUT2D eigenvalue weighted by Crippen LogP contribution is 2.43. The van der Waals surface area contributed by atoms with Crippen molar-refractivity contribution in [3.8, 4) is 178 Å². The van der Waals surface area contributed by atoms with E-state index < -0.39 is 23.9 Å². The summed E-state index contributed by atoms with van der Waals surface area (Å²) in [4.78, 5) is 46.0. The van der Waals surface area contributed by atoms with E-state index in [0.29, 0.717) is 0 Å². The topological polar surface area (TPSA) is 149 Å². The minimum atomic E-state index is -0.943. The summed E-state index contributed by atoms with van der Waals surface area (Å²) in [5.41, 5.74) is 41.6. The molecule has 20 aromatic rings. The summed E-state index contributed by atoms with van der Waals surface area (Å²) >= 11 is 0. The quantitative estimate of drug-likeness (QED) is 0.0437. The number of benzene rings is 20. The first-order chi connectivity index (χ1) is 65.6. The van der Waals surface area contributed by atoms with E-state index in [1.165, 1.54) is 0 Å². The molecule has 0 heterocycles. The van der Waals surface area contributed by atoms with E-state index in [2.05, 4.69) is 388 Å². The maximum absolute atomic E-state index is 11.5. The first kappa shape index (κ1) is 84.2. The molecule has 0 amide bonds. The van der Waals surface area contributed by atoms with Crippen molar-refractivity contribution in [2.45, 2.75) is 0 Å². The van der Waals surface area contributed by atoms with Crippen LogP contribution >= 0.6 is 0 Å². The molecule has 0 radical (unpaired) electrons. The molecule has 0 fully saturated rings. The Bertz CT molecular complexity index is 6760. The molecule has 4 N–H and O–H groups in total. The Morgan fingerprint density at radius 2 is 0.142 bits per heavy atom. The van der Waals surface area contributed by atoms with Crippen LogP contribution in [0.2, 0.25) is 0 Å². The monoisotopic (exact) mass is 1720 g/mol. The second kappa shape index (κ2) is 37.4. The fourth-order valence-electron chi connectivity index (χ4n) is 17.7. The van der Waals surface area contributed by atoms with Gasteiger partial charge in [0.15, 0.2) is 0 Å². The van der Waals surface area contributed by atoms with Gasteiger partial charge < -0.3 is 20.4 Å². The molecule has 0 saturated heterocycles. The summed E-state index contributed by atoms with van der Waals surface area (Å²) in [7, 11) is 0. The molecule has 0 spiro atoms. The molecule has 20 rings (SSSR count). The second-order valence-corrected chi connectivity index (χ2v) is 33.5. The van der Waals surface area contributed by atoms with Gasteiger partial charge >= 0.3 is 23.9 Å². The molecule has 0 aliphatic rings. The molecule has 0 bridgehead atoms. The molecule has 636 valence electrons. The number of aromatic carboxylic acids is 4. The van der Waals surface area contributed by atoms with Crippen LogP contribution in [0.5, 0.6) is 0 Å². The summed E-state index contributed by atoms with van der Waals surface area (Å²) in [6, 6.07) is 167. The van der Waals surface area contributed by atoms with E-state index in [9.17, 15) is 39.6 Å². The molecule has 0 aliphatic heterocycles. The molecule has 20 aromatic carbocycles. The summed E-state index contributed by atoms with van der Waals surface area (Å²) in [6.45, 7) is 0. The van der Waals surface area contributed by atoms with E-state index in [1.54, 1.807) is 48.5 Å². The van der Waals surface area contributed by atoms with Gasteiger partial charge in [-0.15, -0.1) is 0 Å². The van der Waals surface area contributed by atoms with E-state index in [4.69, 9.17) is 0 Å². The van der Waals surface area contributed by atoms with Crippen molar-refractivity contribution >= 4 is 35.0 Å². The van der Waals surface area contributed by atoms with Gasteiger partial charge in [0.1, 0.15) is 0 Å². The van der Waals surface area contributed by atoms with Gasteiger partial charge in [-0.05, 0) is 260 Å². The Morgan fingerprint density at radius 3 is 0.201 bits per heavy atom. The Morgan fingerprint density at radius 1 is 0.0896 bits per heavy atom. The van der Waals surface area contributed by atoms with Crippen LogP contribution in [-0.4, -0.2) is 44.3 Å². The van der Waals surface area contributed by atoms with Gasteiger partial charge in [0.25, 0.3) is 0 Å². The van der Waals surface area contributed by atoms with Crippen LogP contribution in [0.1, 0.15) is 63.7 Å². The third kappa shape index (κ3) is 18.3. The van der Waals surface area contributed by atoms with Crippen molar-refractivity contribution in [1.82, 2.24) is 0 Å². The number of carboxylic acid groups (broad SMARTS) is 4. The van der Waals surface area contributed by atoms with Crippen LogP contribution in [0.4, 0.5) is 0 Å². The van der Waals surface area contributed by atoms with E-state index in [0.717, 1.165) is 211 Å². The average molecular weight is 1730 g/mol. The van der Waals surface area contributed by atoms with Crippen LogP contribution in [-0.2, 0) is 0 Å². The van der Waals surface area contributed by atoms with Crippen LogP contribution < -0.4 is 0 Å². The summed E-state index contributed by atoms with van der Waals surface area (Å²) in [6.07, 6.45) is 0. The maximum atomic E-state index is 11.5. The normalized spacial score (nSPS) is 11.1. The fraction of sp³-hybridized carbons (Fsp3) is 0. The lowest BCUT2D eigenvalue weighted by Gasteiger charge is -2.20. The zero-order valence-corrected chi connectivity index (χ0v) is 72.6. The van der Waals surface area contributed by atoms with Crippen molar-refractivity contribution in [3.05, 3.63) is 530 Å². The molecule has 0 aromatic heterocycles. The molecule has 0 unspecified atom stereocenters.